The van der Waals surface area contributed by atoms with Gasteiger partial charge in [0, 0.05) is 36.9 Å². The molecule has 5 nitrogen and oxygen atoms in total. The first kappa shape index (κ1) is 18.3. The molecule has 146 valence electrons. The minimum absolute atomic E-state index is 0.0514. The number of fused-ring (bicyclic) bond motifs is 1. The van der Waals surface area contributed by atoms with Gasteiger partial charge in [0.25, 0.3) is 0 Å². The smallest absolute Gasteiger partial charge is 0.416 e. The Morgan fingerprint density at radius 2 is 2.04 bits per heavy atom. The summed E-state index contributed by atoms with van der Waals surface area (Å²) in [5.41, 5.74) is 0.180. The van der Waals surface area contributed by atoms with Crippen LogP contribution in [0.1, 0.15) is 12.0 Å². The summed E-state index contributed by atoms with van der Waals surface area (Å²) in [6.07, 6.45) is -1.32. The molecule has 1 fully saturated rings. The molecule has 1 aliphatic heterocycles. The second kappa shape index (κ2) is 7.18. The highest BCUT2D eigenvalue weighted by Crippen LogP contribution is 2.31. The van der Waals surface area contributed by atoms with Crippen LogP contribution in [0.5, 0.6) is 5.88 Å². The van der Waals surface area contributed by atoms with E-state index >= 15 is 0 Å². The number of likely N-dealkylation sites (tertiary alicyclic amines) is 1. The molecule has 1 atom stereocenters. The van der Waals surface area contributed by atoms with Gasteiger partial charge in [0.1, 0.15) is 12.6 Å². The molecule has 28 heavy (non-hydrogen) atoms. The van der Waals surface area contributed by atoms with Gasteiger partial charge in [0.05, 0.1) is 12.1 Å². The Balaban J connectivity index is 1.38. The number of pyridine rings is 1. The van der Waals surface area contributed by atoms with Gasteiger partial charge in [0.2, 0.25) is 11.8 Å². The van der Waals surface area contributed by atoms with E-state index in [-0.39, 0.29) is 24.4 Å². The van der Waals surface area contributed by atoms with E-state index in [1.807, 2.05) is 41.1 Å². The number of halogens is 3. The molecule has 0 N–H and O–H groups in total. The summed E-state index contributed by atoms with van der Waals surface area (Å²) in [4.78, 5) is 18.2. The average Bonchev–Trinajstić information content (AvgIpc) is 3.29. The van der Waals surface area contributed by atoms with Crippen LogP contribution in [-0.2, 0) is 17.5 Å². The molecule has 4 rings (SSSR count). The Morgan fingerprint density at radius 3 is 2.86 bits per heavy atom. The zero-order valence-electron chi connectivity index (χ0n) is 14.9. The van der Waals surface area contributed by atoms with Gasteiger partial charge in [-0.05, 0) is 23.6 Å². The van der Waals surface area contributed by atoms with Crippen molar-refractivity contribution in [1.82, 2.24) is 14.5 Å². The average molecular weight is 389 g/mol. The Labute approximate surface area is 159 Å². The summed E-state index contributed by atoms with van der Waals surface area (Å²) in [5.74, 6) is -0.130. The van der Waals surface area contributed by atoms with Crippen LogP contribution in [0.2, 0.25) is 0 Å². The molecule has 1 saturated heterocycles. The number of hydrogen-bond acceptors (Lipinski definition) is 3. The number of aromatic nitrogens is 2. The molecule has 0 bridgehead atoms. The van der Waals surface area contributed by atoms with E-state index in [0.717, 1.165) is 29.2 Å². The van der Waals surface area contributed by atoms with Crippen molar-refractivity contribution in [2.75, 3.05) is 13.1 Å². The van der Waals surface area contributed by atoms with E-state index in [1.165, 1.54) is 0 Å². The lowest BCUT2D eigenvalue weighted by Gasteiger charge is -2.18. The summed E-state index contributed by atoms with van der Waals surface area (Å²) in [5, 5.41) is 1.06. The molecule has 8 heteroatoms. The van der Waals surface area contributed by atoms with E-state index in [4.69, 9.17) is 4.74 Å². The Morgan fingerprint density at radius 1 is 1.21 bits per heavy atom. The summed E-state index contributed by atoms with van der Waals surface area (Å²) in [7, 11) is 0. The van der Waals surface area contributed by atoms with Crippen molar-refractivity contribution in [2.45, 2.75) is 25.2 Å². The van der Waals surface area contributed by atoms with Gasteiger partial charge in [-0.3, -0.25) is 4.79 Å². The molecule has 3 aromatic rings. The minimum atomic E-state index is -4.45. The van der Waals surface area contributed by atoms with Crippen molar-refractivity contribution in [3.8, 4) is 5.88 Å². The standard InChI is InChI=1S/C20H18F3N3O2/c21-20(22,23)15-5-8-24-18(11-15)28-16-7-10-26(12-16)19(27)13-25-9-6-14-3-1-2-4-17(14)25/h1-6,8-9,11,16H,7,10,12-13H2/t16-/m0/s1. The first-order valence-corrected chi connectivity index (χ1v) is 8.92. The number of benzene rings is 1. The third-order valence-electron chi connectivity index (χ3n) is 4.83. The van der Waals surface area contributed by atoms with Crippen molar-refractivity contribution < 1.29 is 22.7 Å². The number of nitrogens with zero attached hydrogens (tertiary/aromatic N) is 3. The maximum atomic E-state index is 12.8. The van der Waals surface area contributed by atoms with Crippen molar-refractivity contribution >= 4 is 16.8 Å². The van der Waals surface area contributed by atoms with Crippen LogP contribution in [0.25, 0.3) is 10.9 Å². The van der Waals surface area contributed by atoms with E-state index in [1.54, 1.807) is 4.90 Å². The highest BCUT2D eigenvalue weighted by Gasteiger charge is 2.32. The number of carbonyl (C=O) groups excluding carboxylic acids is 1. The molecule has 0 spiro atoms. The molecule has 0 saturated carbocycles. The second-order valence-electron chi connectivity index (χ2n) is 6.75. The molecule has 0 unspecified atom stereocenters. The first-order chi connectivity index (χ1) is 13.4. The Hall–Kier alpha value is -3.03. The monoisotopic (exact) mass is 389 g/mol. The van der Waals surface area contributed by atoms with E-state index in [0.29, 0.717) is 19.5 Å². The summed E-state index contributed by atoms with van der Waals surface area (Å²) in [6.45, 7) is 1.04. The van der Waals surface area contributed by atoms with Crippen molar-refractivity contribution in [3.05, 3.63) is 60.4 Å². The molecular formula is C20H18F3N3O2. The summed E-state index contributed by atoms with van der Waals surface area (Å²) in [6, 6.07) is 11.5. The molecule has 3 heterocycles. The lowest BCUT2D eigenvalue weighted by atomic mass is 10.2. The largest absolute Gasteiger partial charge is 0.472 e. The highest BCUT2D eigenvalue weighted by molar-refractivity contribution is 5.83. The predicted molar refractivity (Wildman–Crippen MR) is 96.8 cm³/mol. The maximum Gasteiger partial charge on any atom is 0.416 e. The van der Waals surface area contributed by atoms with Crippen LogP contribution in [0.3, 0.4) is 0 Å². The third kappa shape index (κ3) is 3.81. The van der Waals surface area contributed by atoms with Gasteiger partial charge in [-0.25, -0.2) is 4.98 Å². The van der Waals surface area contributed by atoms with Crippen molar-refractivity contribution in [3.63, 3.8) is 0 Å². The van der Waals surface area contributed by atoms with Crippen LogP contribution in [0.4, 0.5) is 13.2 Å². The van der Waals surface area contributed by atoms with E-state index in [2.05, 4.69) is 4.98 Å². The minimum Gasteiger partial charge on any atom is -0.472 e. The fraction of sp³-hybridized carbons (Fsp3) is 0.300. The number of carbonyl (C=O) groups is 1. The molecule has 1 amide bonds. The lowest BCUT2D eigenvalue weighted by Crippen LogP contribution is -2.33. The summed E-state index contributed by atoms with van der Waals surface area (Å²) >= 11 is 0. The van der Waals surface area contributed by atoms with Crippen LogP contribution in [0, 0.1) is 0 Å². The van der Waals surface area contributed by atoms with Crippen LogP contribution < -0.4 is 4.74 Å². The SMILES string of the molecule is O=C(Cn1ccc2ccccc21)N1CC[C@H](Oc2cc(C(F)(F)F)ccn2)C1. The number of amides is 1. The van der Waals surface area contributed by atoms with Crippen molar-refractivity contribution in [1.29, 1.82) is 0 Å². The van der Waals surface area contributed by atoms with Crippen LogP contribution in [0.15, 0.2) is 54.9 Å². The Bertz CT molecular complexity index is 1000. The topological polar surface area (TPSA) is 47.4 Å². The lowest BCUT2D eigenvalue weighted by molar-refractivity contribution is -0.137. The molecule has 0 radical (unpaired) electrons. The zero-order chi connectivity index (χ0) is 19.7. The molecule has 1 aliphatic rings. The quantitative estimate of drug-likeness (QED) is 0.683. The maximum absolute atomic E-state index is 12.8. The number of para-hydroxylation sites is 1. The zero-order valence-corrected chi connectivity index (χ0v) is 14.9. The fourth-order valence-electron chi connectivity index (χ4n) is 3.40. The highest BCUT2D eigenvalue weighted by atomic mass is 19.4. The first-order valence-electron chi connectivity index (χ1n) is 8.92. The van der Waals surface area contributed by atoms with Crippen LogP contribution in [-0.4, -0.2) is 39.6 Å². The number of rotatable bonds is 4. The molecule has 2 aromatic heterocycles. The van der Waals surface area contributed by atoms with Gasteiger partial charge in [0.15, 0.2) is 0 Å². The number of ether oxygens (including phenoxy) is 1. The van der Waals surface area contributed by atoms with E-state index in [9.17, 15) is 18.0 Å². The van der Waals surface area contributed by atoms with Crippen LogP contribution >= 0.6 is 0 Å². The van der Waals surface area contributed by atoms with Gasteiger partial charge in [-0.2, -0.15) is 13.2 Å². The fourth-order valence-corrected chi connectivity index (χ4v) is 3.40. The van der Waals surface area contributed by atoms with Gasteiger partial charge < -0.3 is 14.2 Å². The van der Waals surface area contributed by atoms with Crippen molar-refractivity contribution in [2.24, 2.45) is 0 Å². The van der Waals surface area contributed by atoms with Gasteiger partial charge >= 0.3 is 6.18 Å². The van der Waals surface area contributed by atoms with E-state index < -0.39 is 11.7 Å². The molecular weight excluding hydrogens is 371 g/mol. The van der Waals surface area contributed by atoms with Gasteiger partial charge in [-0.1, -0.05) is 18.2 Å². The predicted octanol–water partition coefficient (Wildman–Crippen LogP) is 3.74. The molecule has 0 aliphatic carbocycles. The molecule has 1 aromatic carbocycles. The number of hydrogen-bond donors (Lipinski definition) is 0. The second-order valence-corrected chi connectivity index (χ2v) is 6.75. The normalized spacial score (nSPS) is 17.2. The summed E-state index contributed by atoms with van der Waals surface area (Å²) < 4.78 is 45.9. The van der Waals surface area contributed by atoms with Gasteiger partial charge in [-0.15, -0.1) is 0 Å². The Kier molecular flexibility index (Phi) is 4.70. The number of alkyl halides is 3. The third-order valence-corrected chi connectivity index (χ3v) is 4.83.